The SMILES string of the molecule is O=C(Cl)C(Cl)OCC1CC1. The largest absolute Gasteiger partial charge is 0.354 e. The van der Waals surface area contributed by atoms with Crippen molar-refractivity contribution in [1.82, 2.24) is 0 Å². The lowest BCUT2D eigenvalue weighted by Crippen LogP contribution is -2.14. The highest BCUT2D eigenvalue weighted by molar-refractivity contribution is 6.68. The molecule has 10 heavy (non-hydrogen) atoms. The summed E-state index contributed by atoms with van der Waals surface area (Å²) in [4.78, 5) is 10.3. The summed E-state index contributed by atoms with van der Waals surface area (Å²) in [7, 11) is 0. The Hall–Kier alpha value is 0.210. The third kappa shape index (κ3) is 2.86. The molecule has 1 aliphatic carbocycles. The highest BCUT2D eigenvalue weighted by Gasteiger charge is 2.24. The highest BCUT2D eigenvalue weighted by Crippen LogP contribution is 2.29. The molecule has 0 saturated heterocycles. The molecule has 4 heteroatoms. The fourth-order valence-corrected chi connectivity index (χ4v) is 0.706. The summed E-state index contributed by atoms with van der Waals surface area (Å²) in [6.07, 6.45) is 2.36. The maximum atomic E-state index is 10.3. The zero-order valence-electron chi connectivity index (χ0n) is 5.35. The van der Waals surface area contributed by atoms with Crippen molar-refractivity contribution in [2.24, 2.45) is 5.92 Å². The normalized spacial score (nSPS) is 20.6. The van der Waals surface area contributed by atoms with E-state index in [4.69, 9.17) is 27.9 Å². The van der Waals surface area contributed by atoms with E-state index in [1.807, 2.05) is 0 Å². The molecule has 0 aromatic carbocycles. The topological polar surface area (TPSA) is 26.3 Å². The van der Waals surface area contributed by atoms with Gasteiger partial charge in [0.05, 0.1) is 6.61 Å². The fourth-order valence-electron chi connectivity index (χ4n) is 0.571. The number of rotatable bonds is 4. The van der Waals surface area contributed by atoms with E-state index < -0.39 is 10.8 Å². The third-order valence-corrected chi connectivity index (χ3v) is 1.99. The van der Waals surface area contributed by atoms with Crippen molar-refractivity contribution in [3.05, 3.63) is 0 Å². The van der Waals surface area contributed by atoms with E-state index in [2.05, 4.69) is 0 Å². The van der Waals surface area contributed by atoms with Gasteiger partial charge in [0.15, 0.2) is 0 Å². The van der Waals surface area contributed by atoms with E-state index in [9.17, 15) is 4.79 Å². The van der Waals surface area contributed by atoms with Crippen LogP contribution in [-0.2, 0) is 9.53 Å². The summed E-state index contributed by atoms with van der Waals surface area (Å²) >= 11 is 10.4. The first kappa shape index (κ1) is 8.31. The molecule has 1 aliphatic rings. The Balaban J connectivity index is 2.05. The molecule has 1 fully saturated rings. The first-order chi connectivity index (χ1) is 4.70. The lowest BCUT2D eigenvalue weighted by molar-refractivity contribution is -0.118. The van der Waals surface area contributed by atoms with Crippen LogP contribution in [0.4, 0.5) is 0 Å². The van der Waals surface area contributed by atoms with Crippen molar-refractivity contribution >= 4 is 28.4 Å². The second kappa shape index (κ2) is 3.56. The van der Waals surface area contributed by atoms with Crippen LogP contribution in [0.1, 0.15) is 12.8 Å². The van der Waals surface area contributed by atoms with E-state index in [-0.39, 0.29) is 0 Å². The van der Waals surface area contributed by atoms with Gasteiger partial charge < -0.3 is 4.74 Å². The first-order valence-electron chi connectivity index (χ1n) is 3.15. The van der Waals surface area contributed by atoms with Crippen molar-refractivity contribution in [1.29, 1.82) is 0 Å². The van der Waals surface area contributed by atoms with Crippen LogP contribution in [-0.4, -0.2) is 17.4 Å². The average Bonchev–Trinajstić information content (AvgIpc) is 2.64. The van der Waals surface area contributed by atoms with Crippen LogP contribution >= 0.6 is 23.2 Å². The van der Waals surface area contributed by atoms with Gasteiger partial charge in [0, 0.05) is 0 Å². The van der Waals surface area contributed by atoms with Crippen molar-refractivity contribution in [3.8, 4) is 0 Å². The number of ether oxygens (including phenoxy) is 1. The molecule has 0 aliphatic heterocycles. The molecule has 0 N–H and O–H groups in total. The summed E-state index contributed by atoms with van der Waals surface area (Å²) < 4.78 is 4.91. The van der Waals surface area contributed by atoms with Gasteiger partial charge in [0.1, 0.15) is 0 Å². The Kier molecular flexibility index (Phi) is 2.96. The Labute approximate surface area is 69.4 Å². The number of carbonyl (C=O) groups is 1. The maximum absolute atomic E-state index is 10.3. The molecule has 0 bridgehead atoms. The molecule has 1 rings (SSSR count). The minimum Gasteiger partial charge on any atom is -0.354 e. The van der Waals surface area contributed by atoms with Gasteiger partial charge in [-0.15, -0.1) is 0 Å². The Morgan fingerprint density at radius 3 is 2.70 bits per heavy atom. The van der Waals surface area contributed by atoms with Crippen molar-refractivity contribution in [2.45, 2.75) is 18.4 Å². The molecular formula is C6H8Cl2O2. The molecule has 0 aromatic rings. The molecule has 2 nitrogen and oxygen atoms in total. The van der Waals surface area contributed by atoms with Gasteiger partial charge in [-0.1, -0.05) is 11.6 Å². The zero-order valence-corrected chi connectivity index (χ0v) is 6.86. The van der Waals surface area contributed by atoms with E-state index in [1.54, 1.807) is 0 Å². The van der Waals surface area contributed by atoms with Crippen LogP contribution in [0, 0.1) is 5.92 Å². The Morgan fingerprint density at radius 1 is 1.70 bits per heavy atom. The van der Waals surface area contributed by atoms with Crippen molar-refractivity contribution in [3.63, 3.8) is 0 Å². The van der Waals surface area contributed by atoms with Crippen molar-refractivity contribution < 1.29 is 9.53 Å². The van der Waals surface area contributed by atoms with Gasteiger partial charge in [-0.3, -0.25) is 4.79 Å². The molecule has 58 valence electrons. The maximum Gasteiger partial charge on any atom is 0.265 e. The van der Waals surface area contributed by atoms with Crippen LogP contribution in [0.25, 0.3) is 0 Å². The van der Waals surface area contributed by atoms with E-state index in [1.165, 1.54) is 12.8 Å². The highest BCUT2D eigenvalue weighted by atomic mass is 35.5. The summed E-state index contributed by atoms with van der Waals surface area (Å²) in [6.45, 7) is 0.562. The Bertz CT molecular complexity index is 134. The molecule has 0 radical (unpaired) electrons. The first-order valence-corrected chi connectivity index (χ1v) is 3.96. The molecule has 0 aromatic heterocycles. The second-order valence-corrected chi connectivity index (χ2v) is 3.17. The minimum atomic E-state index is -0.956. The lowest BCUT2D eigenvalue weighted by Gasteiger charge is -2.03. The number of halogens is 2. The Morgan fingerprint density at radius 2 is 2.30 bits per heavy atom. The predicted molar refractivity (Wildman–Crippen MR) is 39.2 cm³/mol. The van der Waals surface area contributed by atoms with Gasteiger partial charge in [-0.05, 0) is 30.4 Å². The molecular weight excluding hydrogens is 175 g/mol. The lowest BCUT2D eigenvalue weighted by atomic mass is 10.5. The second-order valence-electron chi connectivity index (χ2n) is 2.40. The predicted octanol–water partition coefficient (Wildman–Crippen LogP) is 1.74. The van der Waals surface area contributed by atoms with Crippen LogP contribution in [0.2, 0.25) is 0 Å². The molecule has 1 atom stereocenters. The van der Waals surface area contributed by atoms with E-state index in [0.29, 0.717) is 12.5 Å². The number of alkyl halides is 1. The van der Waals surface area contributed by atoms with Crippen molar-refractivity contribution in [2.75, 3.05) is 6.61 Å². The van der Waals surface area contributed by atoms with Gasteiger partial charge in [-0.25, -0.2) is 0 Å². The summed E-state index contributed by atoms with van der Waals surface area (Å²) in [6, 6.07) is 0. The molecule has 1 saturated carbocycles. The van der Waals surface area contributed by atoms with Crippen LogP contribution in [0.15, 0.2) is 0 Å². The van der Waals surface area contributed by atoms with Gasteiger partial charge in [0.25, 0.3) is 5.24 Å². The molecule has 0 heterocycles. The quantitative estimate of drug-likeness (QED) is 0.490. The third-order valence-electron chi connectivity index (χ3n) is 1.35. The minimum absolute atomic E-state index is 0.562. The van der Waals surface area contributed by atoms with Crippen LogP contribution in [0.3, 0.4) is 0 Å². The van der Waals surface area contributed by atoms with Gasteiger partial charge in [0.2, 0.25) is 5.56 Å². The monoisotopic (exact) mass is 182 g/mol. The molecule has 0 spiro atoms. The van der Waals surface area contributed by atoms with Gasteiger partial charge >= 0.3 is 0 Å². The smallest absolute Gasteiger partial charge is 0.265 e. The standard InChI is InChI=1S/C6H8Cl2O2/c7-5(9)6(8)10-3-4-1-2-4/h4,6H,1-3H2. The number of carbonyl (C=O) groups excluding carboxylic acids is 1. The van der Waals surface area contributed by atoms with Crippen LogP contribution < -0.4 is 0 Å². The number of hydrogen-bond acceptors (Lipinski definition) is 2. The molecule has 0 amide bonds. The summed E-state index contributed by atoms with van der Waals surface area (Å²) in [5.74, 6) is 0.609. The number of hydrogen-bond donors (Lipinski definition) is 0. The van der Waals surface area contributed by atoms with E-state index in [0.717, 1.165) is 0 Å². The van der Waals surface area contributed by atoms with Crippen LogP contribution in [0.5, 0.6) is 0 Å². The van der Waals surface area contributed by atoms with Gasteiger partial charge in [-0.2, -0.15) is 0 Å². The summed E-state index contributed by atoms with van der Waals surface area (Å²) in [5, 5.41) is -0.637. The summed E-state index contributed by atoms with van der Waals surface area (Å²) in [5.41, 5.74) is -0.956. The average molecular weight is 183 g/mol. The molecule has 1 unspecified atom stereocenters. The van der Waals surface area contributed by atoms with E-state index >= 15 is 0 Å². The fraction of sp³-hybridized carbons (Fsp3) is 0.833. The zero-order chi connectivity index (χ0) is 7.56.